The Bertz CT molecular complexity index is 623. The molecule has 0 bridgehead atoms. The van der Waals surface area contributed by atoms with Crippen LogP contribution in [0.4, 0.5) is 0 Å². The number of ether oxygens (including phenoxy) is 1. The smallest absolute Gasteiger partial charge is 0.260 e. The van der Waals surface area contributed by atoms with E-state index >= 15 is 0 Å². The van der Waals surface area contributed by atoms with E-state index in [0.29, 0.717) is 24.3 Å². The van der Waals surface area contributed by atoms with Gasteiger partial charge in [0.2, 0.25) is 0 Å². The van der Waals surface area contributed by atoms with Crippen LogP contribution in [0, 0.1) is 11.3 Å². The summed E-state index contributed by atoms with van der Waals surface area (Å²) in [5.41, 5.74) is 0.960. The molecule has 0 aromatic heterocycles. The zero-order valence-electron chi connectivity index (χ0n) is 15.0. The Labute approximate surface area is 150 Å². The first-order valence-electron chi connectivity index (χ1n) is 9.35. The van der Waals surface area contributed by atoms with Gasteiger partial charge in [-0.15, -0.1) is 0 Å². The minimum Gasteiger partial charge on any atom is -0.484 e. The third-order valence-corrected chi connectivity index (χ3v) is 5.45. The van der Waals surface area contributed by atoms with Crippen LogP contribution < -0.4 is 4.74 Å². The number of carbonyl (C=O) groups is 1. The van der Waals surface area contributed by atoms with E-state index in [1.807, 2.05) is 29.2 Å². The van der Waals surface area contributed by atoms with Crippen molar-refractivity contribution in [2.24, 2.45) is 0 Å². The number of hydrogen-bond acceptors (Lipinski definition) is 4. The molecule has 3 rings (SSSR count). The topological polar surface area (TPSA) is 56.6 Å². The van der Waals surface area contributed by atoms with Crippen LogP contribution in [0.2, 0.25) is 0 Å². The molecular formula is C20H27N3O2. The van der Waals surface area contributed by atoms with Crippen LogP contribution in [0.5, 0.6) is 5.75 Å². The summed E-state index contributed by atoms with van der Waals surface area (Å²) in [5, 5.41) is 8.70. The molecule has 2 fully saturated rings. The number of likely N-dealkylation sites (tertiary alicyclic amines) is 2. The quantitative estimate of drug-likeness (QED) is 0.798. The van der Waals surface area contributed by atoms with E-state index in [4.69, 9.17) is 10.00 Å². The molecule has 5 heteroatoms. The van der Waals surface area contributed by atoms with Gasteiger partial charge in [0.15, 0.2) is 6.61 Å². The third kappa shape index (κ3) is 4.13. The molecule has 1 aromatic carbocycles. The van der Waals surface area contributed by atoms with Gasteiger partial charge in [-0.3, -0.25) is 9.69 Å². The van der Waals surface area contributed by atoms with E-state index in [-0.39, 0.29) is 12.5 Å². The molecule has 5 nitrogen and oxygen atoms in total. The predicted molar refractivity (Wildman–Crippen MR) is 96.3 cm³/mol. The Morgan fingerprint density at radius 2 is 1.92 bits per heavy atom. The van der Waals surface area contributed by atoms with Gasteiger partial charge in [0.1, 0.15) is 5.75 Å². The molecule has 0 N–H and O–H groups in total. The Morgan fingerprint density at radius 3 is 2.64 bits per heavy atom. The van der Waals surface area contributed by atoms with Crippen LogP contribution in [-0.2, 0) is 11.2 Å². The van der Waals surface area contributed by atoms with Crippen LogP contribution >= 0.6 is 0 Å². The lowest BCUT2D eigenvalue weighted by Crippen LogP contribution is -2.49. The molecule has 134 valence electrons. The van der Waals surface area contributed by atoms with E-state index in [9.17, 15) is 4.79 Å². The van der Waals surface area contributed by atoms with Crippen LogP contribution in [0.15, 0.2) is 24.3 Å². The summed E-state index contributed by atoms with van der Waals surface area (Å²) in [6.45, 7) is 5.37. The highest BCUT2D eigenvalue weighted by Gasteiger charge is 2.39. The fraction of sp³-hybridized carbons (Fsp3) is 0.600. The Balaban J connectivity index is 1.56. The lowest BCUT2D eigenvalue weighted by Gasteiger charge is -2.34. The van der Waals surface area contributed by atoms with Crippen LogP contribution in [0.3, 0.4) is 0 Å². The highest BCUT2D eigenvalue weighted by atomic mass is 16.5. The summed E-state index contributed by atoms with van der Waals surface area (Å²) in [6.07, 6.45) is 5.03. The summed E-state index contributed by atoms with van der Waals surface area (Å²) in [4.78, 5) is 17.3. The molecule has 0 saturated carbocycles. The summed E-state index contributed by atoms with van der Waals surface area (Å²) in [5.74, 6) is 0.772. The van der Waals surface area contributed by atoms with Crippen molar-refractivity contribution in [1.82, 2.24) is 9.80 Å². The SMILES string of the molecule is CCN1CCC[C@H]1[C@H]1CCCN1C(=O)COc1ccc(CC#N)cc1. The third-order valence-electron chi connectivity index (χ3n) is 5.45. The molecule has 2 atom stereocenters. The van der Waals surface area contributed by atoms with Crippen molar-refractivity contribution in [3.63, 3.8) is 0 Å². The minimum atomic E-state index is 0.0894. The average Bonchev–Trinajstić information content (AvgIpc) is 3.29. The number of hydrogen-bond donors (Lipinski definition) is 0. The molecule has 2 aliphatic rings. The lowest BCUT2D eigenvalue weighted by atomic mass is 10.0. The zero-order valence-corrected chi connectivity index (χ0v) is 15.0. The highest BCUT2D eigenvalue weighted by molar-refractivity contribution is 5.78. The van der Waals surface area contributed by atoms with Crippen molar-refractivity contribution >= 4 is 5.91 Å². The molecule has 1 aromatic rings. The first kappa shape index (κ1) is 17.8. The van der Waals surface area contributed by atoms with Gasteiger partial charge in [-0.25, -0.2) is 0 Å². The molecule has 0 radical (unpaired) electrons. The standard InChI is InChI=1S/C20H27N3O2/c1-2-22-13-3-5-18(22)19-6-4-14-23(19)20(24)15-25-17-9-7-16(8-10-17)11-12-21/h7-10,18-19H,2-6,11,13-15H2,1H3/t18-,19+/m0/s1. The van der Waals surface area contributed by atoms with Gasteiger partial charge < -0.3 is 9.64 Å². The molecule has 2 heterocycles. The Hall–Kier alpha value is -2.06. The molecular weight excluding hydrogens is 314 g/mol. The van der Waals surface area contributed by atoms with Crippen LogP contribution in [0.25, 0.3) is 0 Å². The van der Waals surface area contributed by atoms with Gasteiger partial charge in [0.05, 0.1) is 12.5 Å². The van der Waals surface area contributed by atoms with Crippen molar-refractivity contribution in [2.45, 2.75) is 51.1 Å². The van der Waals surface area contributed by atoms with Crippen molar-refractivity contribution in [2.75, 3.05) is 26.2 Å². The predicted octanol–water partition coefficient (Wildman–Crippen LogP) is 2.61. The maximum Gasteiger partial charge on any atom is 0.260 e. The summed E-state index contributed by atoms with van der Waals surface area (Å²) < 4.78 is 5.69. The van der Waals surface area contributed by atoms with Crippen molar-refractivity contribution in [3.05, 3.63) is 29.8 Å². The van der Waals surface area contributed by atoms with E-state index in [2.05, 4.69) is 17.9 Å². The number of amides is 1. The average molecular weight is 341 g/mol. The Morgan fingerprint density at radius 1 is 1.20 bits per heavy atom. The first-order chi connectivity index (χ1) is 12.2. The normalized spacial score (nSPS) is 23.6. The van der Waals surface area contributed by atoms with Gasteiger partial charge in [-0.1, -0.05) is 19.1 Å². The van der Waals surface area contributed by atoms with Gasteiger partial charge in [-0.2, -0.15) is 5.26 Å². The summed E-state index contributed by atoms with van der Waals surface area (Å²) >= 11 is 0. The highest BCUT2D eigenvalue weighted by Crippen LogP contribution is 2.30. The monoisotopic (exact) mass is 341 g/mol. The second-order valence-electron chi connectivity index (χ2n) is 6.90. The van der Waals surface area contributed by atoms with E-state index in [1.165, 1.54) is 12.8 Å². The van der Waals surface area contributed by atoms with Crippen molar-refractivity contribution < 1.29 is 9.53 Å². The molecule has 1 amide bonds. The summed E-state index contributed by atoms with van der Waals surface area (Å²) in [7, 11) is 0. The fourth-order valence-corrected chi connectivity index (χ4v) is 4.21. The maximum absolute atomic E-state index is 12.7. The molecule has 25 heavy (non-hydrogen) atoms. The maximum atomic E-state index is 12.7. The zero-order chi connectivity index (χ0) is 17.6. The number of nitriles is 1. The van der Waals surface area contributed by atoms with E-state index in [0.717, 1.165) is 38.0 Å². The molecule has 0 unspecified atom stereocenters. The number of benzene rings is 1. The molecule has 2 aliphatic heterocycles. The van der Waals surface area contributed by atoms with Gasteiger partial charge in [-0.05, 0) is 56.5 Å². The minimum absolute atomic E-state index is 0.0894. The van der Waals surface area contributed by atoms with Crippen molar-refractivity contribution in [3.8, 4) is 11.8 Å². The molecule has 0 aliphatic carbocycles. The number of carbonyl (C=O) groups excluding carboxylic acids is 1. The van der Waals surface area contributed by atoms with Crippen molar-refractivity contribution in [1.29, 1.82) is 5.26 Å². The Kier molecular flexibility index (Phi) is 5.93. The first-order valence-corrected chi connectivity index (χ1v) is 9.35. The largest absolute Gasteiger partial charge is 0.484 e. The van der Waals surface area contributed by atoms with Crippen LogP contribution in [0.1, 0.15) is 38.2 Å². The fourth-order valence-electron chi connectivity index (χ4n) is 4.21. The van der Waals surface area contributed by atoms with Crippen LogP contribution in [-0.4, -0.2) is 54.0 Å². The molecule has 0 spiro atoms. The second kappa shape index (κ2) is 8.35. The number of nitrogens with zero attached hydrogens (tertiary/aromatic N) is 3. The van der Waals surface area contributed by atoms with Gasteiger partial charge in [0, 0.05) is 18.6 Å². The van der Waals surface area contributed by atoms with E-state index < -0.39 is 0 Å². The summed E-state index contributed by atoms with van der Waals surface area (Å²) in [6, 6.07) is 10.4. The lowest BCUT2D eigenvalue weighted by molar-refractivity contribution is -0.135. The second-order valence-corrected chi connectivity index (χ2v) is 6.90. The molecule has 2 saturated heterocycles. The number of likely N-dealkylation sites (N-methyl/N-ethyl adjacent to an activating group) is 1. The van der Waals surface area contributed by atoms with Gasteiger partial charge >= 0.3 is 0 Å². The van der Waals surface area contributed by atoms with E-state index in [1.54, 1.807) is 0 Å². The van der Waals surface area contributed by atoms with Gasteiger partial charge in [0.25, 0.3) is 5.91 Å². The number of rotatable bonds is 6.